The number of alkyl halides is 2. The van der Waals surface area contributed by atoms with Crippen LogP contribution in [0.15, 0.2) is 16.9 Å². The third-order valence-electron chi connectivity index (χ3n) is 7.02. The number of pyridine rings is 1. The van der Waals surface area contributed by atoms with E-state index < -0.39 is 5.92 Å². The fraction of sp³-hybridized carbons (Fsp3) is 0.727. The molecule has 8 heteroatoms. The van der Waals surface area contributed by atoms with E-state index in [0.717, 1.165) is 25.0 Å². The topological polar surface area (TPSA) is 57.6 Å². The number of carbonyl (C=O) groups is 1. The van der Waals surface area contributed by atoms with Gasteiger partial charge in [0.05, 0.1) is 13.1 Å². The molecular formula is C22H30F2N4O2. The van der Waals surface area contributed by atoms with Gasteiger partial charge in [-0.05, 0) is 44.2 Å². The van der Waals surface area contributed by atoms with Gasteiger partial charge in [-0.1, -0.05) is 6.07 Å². The van der Waals surface area contributed by atoms with Crippen molar-refractivity contribution in [1.29, 1.82) is 0 Å². The minimum atomic E-state index is -2.66. The molecule has 1 aliphatic carbocycles. The summed E-state index contributed by atoms with van der Waals surface area (Å²) in [4.78, 5) is 29.4. The average Bonchev–Trinajstić information content (AvgIpc) is 3.52. The van der Waals surface area contributed by atoms with Crippen LogP contribution in [0.3, 0.4) is 0 Å². The molecule has 1 amide bonds. The number of halogens is 2. The molecule has 1 N–H and O–H groups in total. The van der Waals surface area contributed by atoms with Crippen molar-refractivity contribution in [3.8, 4) is 0 Å². The molecule has 164 valence electrons. The molecule has 2 atom stereocenters. The summed E-state index contributed by atoms with van der Waals surface area (Å²) >= 11 is 0. The average molecular weight is 421 g/mol. The molecule has 1 aromatic rings. The van der Waals surface area contributed by atoms with Crippen molar-refractivity contribution in [3.05, 3.63) is 33.7 Å². The fourth-order valence-electron chi connectivity index (χ4n) is 5.37. The molecule has 0 spiro atoms. The van der Waals surface area contributed by atoms with Gasteiger partial charge in [-0.2, -0.15) is 0 Å². The van der Waals surface area contributed by atoms with E-state index >= 15 is 0 Å². The van der Waals surface area contributed by atoms with Crippen molar-refractivity contribution >= 4 is 5.91 Å². The Hall–Kier alpha value is -1.80. The smallest absolute Gasteiger partial charge is 0.260 e. The number of piperidine rings is 2. The van der Waals surface area contributed by atoms with Crippen LogP contribution in [0, 0.1) is 5.92 Å². The number of aromatic nitrogens is 1. The minimum absolute atomic E-state index is 0.0498. The molecule has 3 aliphatic heterocycles. The van der Waals surface area contributed by atoms with E-state index in [9.17, 15) is 18.4 Å². The van der Waals surface area contributed by atoms with Gasteiger partial charge < -0.3 is 14.8 Å². The first-order chi connectivity index (χ1) is 14.4. The normalized spacial score (nSPS) is 28.3. The number of fused-ring (bicyclic) bond motifs is 4. The molecule has 3 fully saturated rings. The van der Waals surface area contributed by atoms with Gasteiger partial charge in [-0.15, -0.1) is 0 Å². The van der Waals surface area contributed by atoms with Gasteiger partial charge in [0.2, 0.25) is 5.91 Å². The number of nitrogens with zero attached hydrogens (tertiary/aromatic N) is 3. The second kappa shape index (κ2) is 7.71. The maximum atomic E-state index is 13.7. The van der Waals surface area contributed by atoms with Gasteiger partial charge in [0, 0.05) is 55.8 Å². The van der Waals surface area contributed by atoms with Crippen LogP contribution in [0.25, 0.3) is 0 Å². The summed E-state index contributed by atoms with van der Waals surface area (Å²) in [6.07, 6.45) is 3.71. The van der Waals surface area contributed by atoms with E-state index in [2.05, 4.69) is 5.32 Å². The number of carbonyl (C=O) groups excluding carboxylic acids is 1. The molecule has 2 saturated heterocycles. The highest BCUT2D eigenvalue weighted by molar-refractivity contribution is 5.78. The first-order valence-corrected chi connectivity index (χ1v) is 11.2. The van der Waals surface area contributed by atoms with Crippen LogP contribution < -0.4 is 10.9 Å². The summed E-state index contributed by atoms with van der Waals surface area (Å²) in [5.41, 5.74) is 1.53. The zero-order chi connectivity index (χ0) is 20.9. The van der Waals surface area contributed by atoms with E-state index in [-0.39, 0.29) is 42.8 Å². The lowest BCUT2D eigenvalue weighted by Gasteiger charge is -2.43. The molecule has 6 nitrogen and oxygen atoms in total. The molecular weight excluding hydrogens is 390 g/mol. The highest BCUT2D eigenvalue weighted by atomic mass is 19.3. The molecule has 1 aromatic heterocycles. The summed E-state index contributed by atoms with van der Waals surface area (Å²) < 4.78 is 29.3. The maximum Gasteiger partial charge on any atom is 0.260 e. The van der Waals surface area contributed by atoms with E-state index in [1.54, 1.807) is 4.90 Å². The molecule has 1 saturated carbocycles. The van der Waals surface area contributed by atoms with Crippen molar-refractivity contribution < 1.29 is 13.6 Å². The molecule has 2 bridgehead atoms. The highest BCUT2D eigenvalue weighted by Crippen LogP contribution is 2.35. The molecule has 5 rings (SSSR count). The molecule has 0 unspecified atom stereocenters. The van der Waals surface area contributed by atoms with Crippen molar-refractivity contribution in [2.45, 2.75) is 63.1 Å². The number of rotatable bonds is 5. The Morgan fingerprint density at radius 3 is 2.80 bits per heavy atom. The van der Waals surface area contributed by atoms with E-state index in [4.69, 9.17) is 0 Å². The summed E-state index contributed by atoms with van der Waals surface area (Å²) in [5, 5.41) is 3.30. The van der Waals surface area contributed by atoms with E-state index in [0.29, 0.717) is 50.7 Å². The lowest BCUT2D eigenvalue weighted by Crippen LogP contribution is -2.51. The predicted octanol–water partition coefficient (Wildman–Crippen LogP) is 1.78. The first-order valence-electron chi connectivity index (χ1n) is 11.2. The highest BCUT2D eigenvalue weighted by Gasteiger charge is 2.38. The summed E-state index contributed by atoms with van der Waals surface area (Å²) in [6.45, 7) is 2.96. The SMILES string of the molecule is O=C(CNC1CC1)N1C[C@@H]2C[C@H](C1)c1ccc(CN3CCCC(F)(F)C3)c(=O)n1C2. The number of amides is 1. The van der Waals surface area contributed by atoms with Crippen LogP contribution in [-0.2, 0) is 17.9 Å². The number of likely N-dealkylation sites (tertiary alicyclic amines) is 2. The Morgan fingerprint density at radius 1 is 1.20 bits per heavy atom. The van der Waals surface area contributed by atoms with Crippen molar-refractivity contribution in [2.24, 2.45) is 5.92 Å². The standard InChI is InChI=1S/C22H30F2N4O2/c23-22(24)6-1-7-26(14-22)12-16-2-5-19-17-8-15(11-28(19)21(16)30)10-27(13-17)20(29)9-25-18-3-4-18/h2,5,15,17-18,25H,1,3-4,6-14H2/t15-,17+/m0/s1. The summed E-state index contributed by atoms with van der Waals surface area (Å²) in [6, 6.07) is 4.31. The second-order valence-corrected chi connectivity index (χ2v) is 9.62. The maximum absolute atomic E-state index is 13.7. The van der Waals surface area contributed by atoms with Gasteiger partial charge >= 0.3 is 0 Å². The zero-order valence-corrected chi connectivity index (χ0v) is 17.3. The molecule has 0 aromatic carbocycles. The first kappa shape index (κ1) is 20.1. The largest absolute Gasteiger partial charge is 0.341 e. The molecule has 30 heavy (non-hydrogen) atoms. The fourth-order valence-corrected chi connectivity index (χ4v) is 5.37. The second-order valence-electron chi connectivity index (χ2n) is 9.62. The van der Waals surface area contributed by atoms with Gasteiger partial charge in [-0.25, -0.2) is 8.78 Å². The predicted molar refractivity (Wildman–Crippen MR) is 109 cm³/mol. The van der Waals surface area contributed by atoms with Gasteiger partial charge in [0.1, 0.15) is 0 Å². The Labute approximate surface area is 175 Å². The third-order valence-corrected chi connectivity index (χ3v) is 7.02. The third kappa shape index (κ3) is 4.17. The molecule has 4 heterocycles. The lowest BCUT2D eigenvalue weighted by atomic mass is 9.83. The van der Waals surface area contributed by atoms with Gasteiger partial charge in [-0.3, -0.25) is 14.5 Å². The Kier molecular flexibility index (Phi) is 5.17. The van der Waals surface area contributed by atoms with Crippen molar-refractivity contribution in [2.75, 3.05) is 32.7 Å². The van der Waals surface area contributed by atoms with Gasteiger partial charge in [0.25, 0.3) is 11.5 Å². The van der Waals surface area contributed by atoms with Crippen molar-refractivity contribution in [3.63, 3.8) is 0 Å². The number of hydrogen-bond donors (Lipinski definition) is 1. The van der Waals surface area contributed by atoms with E-state index in [1.807, 2.05) is 21.6 Å². The minimum Gasteiger partial charge on any atom is -0.341 e. The summed E-state index contributed by atoms with van der Waals surface area (Å²) in [5.74, 6) is -2.07. The van der Waals surface area contributed by atoms with E-state index in [1.165, 1.54) is 0 Å². The van der Waals surface area contributed by atoms with Crippen molar-refractivity contribution in [1.82, 2.24) is 19.7 Å². The van der Waals surface area contributed by atoms with Crippen LogP contribution in [0.5, 0.6) is 0 Å². The van der Waals surface area contributed by atoms with Crippen LogP contribution >= 0.6 is 0 Å². The number of hydrogen-bond acceptors (Lipinski definition) is 4. The monoisotopic (exact) mass is 420 g/mol. The Morgan fingerprint density at radius 2 is 2.03 bits per heavy atom. The van der Waals surface area contributed by atoms with Crippen LogP contribution in [0.4, 0.5) is 8.78 Å². The van der Waals surface area contributed by atoms with Crippen LogP contribution in [-0.4, -0.2) is 65.0 Å². The van der Waals surface area contributed by atoms with Crippen LogP contribution in [0.1, 0.15) is 49.3 Å². The number of nitrogens with one attached hydrogen (secondary N) is 1. The Bertz CT molecular complexity index is 882. The summed E-state index contributed by atoms with van der Waals surface area (Å²) in [7, 11) is 0. The lowest BCUT2D eigenvalue weighted by molar-refractivity contribution is -0.133. The quantitative estimate of drug-likeness (QED) is 0.789. The Balaban J connectivity index is 1.30. The van der Waals surface area contributed by atoms with Crippen LogP contribution in [0.2, 0.25) is 0 Å². The molecule has 4 aliphatic rings. The zero-order valence-electron chi connectivity index (χ0n) is 17.3. The van der Waals surface area contributed by atoms with Gasteiger partial charge in [0.15, 0.2) is 0 Å². The molecule has 0 radical (unpaired) electrons.